The minimum absolute atomic E-state index is 0.0837. The van der Waals surface area contributed by atoms with Crippen LogP contribution in [0.5, 0.6) is 11.6 Å². The molecule has 0 bridgehead atoms. The molecule has 0 N–H and O–H groups in total. The molecule has 1 aromatic carbocycles. The average molecular weight is 486 g/mol. The molecule has 1 aliphatic rings. The Bertz CT molecular complexity index is 1360. The highest BCUT2D eigenvalue weighted by Gasteiger charge is 2.34. The lowest BCUT2D eigenvalue weighted by atomic mass is 10.2. The fourth-order valence-electron chi connectivity index (χ4n) is 3.34. The fraction of sp³-hybridized carbons (Fsp3) is 0.217. The molecule has 9 heteroatoms. The smallest absolute Gasteiger partial charge is 0.269 e. The van der Waals surface area contributed by atoms with E-state index in [1.165, 1.54) is 15.4 Å². The van der Waals surface area contributed by atoms with Crippen LogP contribution in [0.4, 0.5) is 0 Å². The van der Waals surface area contributed by atoms with Gasteiger partial charge in [-0.2, -0.15) is 4.98 Å². The summed E-state index contributed by atoms with van der Waals surface area (Å²) in [6.07, 6.45) is 3.16. The largest absolute Gasteiger partial charge is 0.438 e. The van der Waals surface area contributed by atoms with E-state index in [2.05, 4.69) is 4.98 Å². The first kappa shape index (κ1) is 22.5. The second kappa shape index (κ2) is 8.69. The molecular formula is C23H20ClN3O3S2. The van der Waals surface area contributed by atoms with E-state index >= 15 is 0 Å². The van der Waals surface area contributed by atoms with E-state index in [0.29, 0.717) is 25.6 Å². The number of ether oxygens (including phenoxy) is 1. The van der Waals surface area contributed by atoms with Crippen LogP contribution in [0.2, 0.25) is 5.02 Å². The maximum Gasteiger partial charge on any atom is 0.269 e. The Balaban J connectivity index is 1.90. The van der Waals surface area contributed by atoms with Crippen LogP contribution in [0.1, 0.15) is 30.5 Å². The van der Waals surface area contributed by atoms with E-state index in [4.69, 9.17) is 28.6 Å². The third-order valence-corrected chi connectivity index (χ3v) is 6.76. The molecule has 1 aliphatic heterocycles. The fourth-order valence-corrected chi connectivity index (χ4v) is 4.97. The molecule has 0 aliphatic carbocycles. The van der Waals surface area contributed by atoms with Gasteiger partial charge >= 0.3 is 0 Å². The van der Waals surface area contributed by atoms with Crippen molar-refractivity contribution in [2.45, 2.75) is 33.7 Å². The van der Waals surface area contributed by atoms with Crippen molar-refractivity contribution >= 4 is 57.5 Å². The van der Waals surface area contributed by atoms with Crippen molar-refractivity contribution in [2.75, 3.05) is 0 Å². The lowest BCUT2D eigenvalue weighted by Crippen LogP contribution is -2.34. The summed E-state index contributed by atoms with van der Waals surface area (Å²) in [4.78, 5) is 32.8. The molecule has 3 aromatic rings. The average Bonchev–Trinajstić information content (AvgIpc) is 3.01. The van der Waals surface area contributed by atoms with Crippen molar-refractivity contribution in [1.29, 1.82) is 0 Å². The number of fused-ring (bicyclic) bond motifs is 1. The molecule has 1 fully saturated rings. The molecule has 32 heavy (non-hydrogen) atoms. The number of carbonyl (C=O) groups excluding carboxylic acids is 1. The number of amides is 1. The summed E-state index contributed by atoms with van der Waals surface area (Å²) in [7, 11) is 0. The maximum absolute atomic E-state index is 13.4. The topological polar surface area (TPSA) is 63.9 Å². The number of aryl methyl sites for hydroxylation is 2. The Hall–Kier alpha value is -2.68. The summed E-state index contributed by atoms with van der Waals surface area (Å²) in [5, 5.41) is 0.609. The number of carbonyl (C=O) groups is 1. The zero-order chi connectivity index (χ0) is 23.2. The van der Waals surface area contributed by atoms with Crippen molar-refractivity contribution in [1.82, 2.24) is 14.3 Å². The molecule has 2 aromatic heterocycles. The summed E-state index contributed by atoms with van der Waals surface area (Å²) >= 11 is 12.7. The second-order valence-corrected chi connectivity index (χ2v) is 9.76. The summed E-state index contributed by atoms with van der Waals surface area (Å²) in [6.45, 7) is 7.51. The standard InChI is InChI=1S/C23H20ClN3O3S2/c1-12(2)27-22(29)18(32-23(27)31)11-16-20(30-15-7-8-17(24)14(4)10-15)25-19-13(3)6-5-9-26(19)21(16)28/h5-12H,1-4H3. The zero-order valence-corrected chi connectivity index (χ0v) is 20.3. The highest BCUT2D eigenvalue weighted by molar-refractivity contribution is 8.26. The van der Waals surface area contributed by atoms with Crippen LogP contribution in [0, 0.1) is 13.8 Å². The van der Waals surface area contributed by atoms with Gasteiger partial charge < -0.3 is 4.74 Å². The molecule has 0 spiro atoms. The van der Waals surface area contributed by atoms with Gasteiger partial charge in [-0.25, -0.2) is 0 Å². The van der Waals surface area contributed by atoms with Crippen molar-refractivity contribution in [3.05, 3.63) is 73.5 Å². The zero-order valence-electron chi connectivity index (χ0n) is 17.9. The van der Waals surface area contributed by atoms with Gasteiger partial charge in [-0.05, 0) is 69.2 Å². The molecule has 1 amide bonds. The number of hydrogen-bond acceptors (Lipinski definition) is 6. The molecule has 0 radical (unpaired) electrons. The van der Waals surface area contributed by atoms with Gasteiger partial charge in [0.1, 0.15) is 21.3 Å². The Morgan fingerprint density at radius 3 is 2.59 bits per heavy atom. The Morgan fingerprint density at radius 1 is 1.19 bits per heavy atom. The number of aromatic nitrogens is 2. The van der Waals surface area contributed by atoms with E-state index in [9.17, 15) is 9.59 Å². The number of rotatable bonds is 4. The van der Waals surface area contributed by atoms with E-state index < -0.39 is 0 Å². The predicted molar refractivity (Wildman–Crippen MR) is 133 cm³/mol. The SMILES string of the molecule is Cc1cc(Oc2nc3c(C)cccn3c(=O)c2C=C2SC(=S)N(C(C)C)C2=O)ccc1Cl. The van der Waals surface area contributed by atoms with E-state index in [-0.39, 0.29) is 29.0 Å². The summed E-state index contributed by atoms with van der Waals surface area (Å²) < 4.78 is 7.95. The Kier molecular flexibility index (Phi) is 6.11. The van der Waals surface area contributed by atoms with Crippen LogP contribution in [-0.2, 0) is 4.79 Å². The third kappa shape index (κ3) is 4.05. The van der Waals surface area contributed by atoms with Gasteiger partial charge in [0.25, 0.3) is 11.5 Å². The first-order valence-corrected chi connectivity index (χ1v) is 11.5. The minimum atomic E-state index is -0.339. The molecule has 4 rings (SSSR count). The number of benzene rings is 1. The van der Waals surface area contributed by atoms with Crippen molar-refractivity contribution in [3.8, 4) is 11.6 Å². The molecule has 6 nitrogen and oxygen atoms in total. The minimum Gasteiger partial charge on any atom is -0.438 e. The molecule has 164 valence electrons. The second-order valence-electron chi connectivity index (χ2n) is 7.68. The normalized spacial score (nSPS) is 15.4. The van der Waals surface area contributed by atoms with Gasteiger partial charge in [-0.3, -0.25) is 18.9 Å². The summed E-state index contributed by atoms with van der Waals surface area (Å²) in [5.41, 5.74) is 1.96. The third-order valence-electron chi connectivity index (χ3n) is 5.01. The van der Waals surface area contributed by atoms with Gasteiger partial charge in [0.15, 0.2) is 0 Å². The van der Waals surface area contributed by atoms with Crippen LogP contribution < -0.4 is 10.3 Å². The van der Waals surface area contributed by atoms with Gasteiger partial charge in [-0.1, -0.05) is 41.6 Å². The highest BCUT2D eigenvalue weighted by atomic mass is 35.5. The van der Waals surface area contributed by atoms with Gasteiger partial charge in [0.05, 0.1) is 4.91 Å². The summed E-state index contributed by atoms with van der Waals surface area (Å²) in [6, 6.07) is 8.75. The number of nitrogens with zero attached hydrogens (tertiary/aromatic N) is 3. The molecule has 3 heterocycles. The number of thiocarbonyl (C=S) groups is 1. The number of thioether (sulfide) groups is 1. The molecule has 1 saturated heterocycles. The number of halogens is 1. The monoisotopic (exact) mass is 485 g/mol. The molecular weight excluding hydrogens is 466 g/mol. The Morgan fingerprint density at radius 2 is 1.94 bits per heavy atom. The van der Waals surface area contributed by atoms with Gasteiger partial charge in [-0.15, -0.1) is 0 Å². The van der Waals surface area contributed by atoms with E-state index in [0.717, 1.165) is 22.9 Å². The van der Waals surface area contributed by atoms with Crippen LogP contribution >= 0.6 is 35.6 Å². The van der Waals surface area contributed by atoms with Crippen LogP contribution in [0.15, 0.2) is 46.2 Å². The lowest BCUT2D eigenvalue weighted by Gasteiger charge is -2.18. The van der Waals surface area contributed by atoms with E-state index in [1.807, 2.05) is 33.8 Å². The highest BCUT2D eigenvalue weighted by Crippen LogP contribution is 2.35. The van der Waals surface area contributed by atoms with Gasteiger partial charge in [0.2, 0.25) is 5.88 Å². The van der Waals surface area contributed by atoms with Crippen LogP contribution in [0.3, 0.4) is 0 Å². The van der Waals surface area contributed by atoms with E-state index in [1.54, 1.807) is 30.5 Å². The molecule has 0 atom stereocenters. The van der Waals surface area contributed by atoms with Crippen molar-refractivity contribution in [2.24, 2.45) is 0 Å². The van der Waals surface area contributed by atoms with Crippen molar-refractivity contribution in [3.63, 3.8) is 0 Å². The van der Waals surface area contributed by atoms with Crippen molar-refractivity contribution < 1.29 is 9.53 Å². The van der Waals surface area contributed by atoms with Crippen LogP contribution in [0.25, 0.3) is 11.7 Å². The quantitative estimate of drug-likeness (QED) is 0.366. The lowest BCUT2D eigenvalue weighted by molar-refractivity contribution is -0.123. The molecule has 0 unspecified atom stereocenters. The first-order valence-electron chi connectivity index (χ1n) is 9.90. The number of pyridine rings is 1. The van der Waals surface area contributed by atoms with Crippen LogP contribution in [-0.4, -0.2) is 30.6 Å². The summed E-state index contributed by atoms with van der Waals surface area (Å²) in [5.74, 6) is 0.360. The predicted octanol–water partition coefficient (Wildman–Crippen LogP) is 5.37. The maximum atomic E-state index is 13.4. The Labute approximate surface area is 199 Å². The first-order chi connectivity index (χ1) is 15.2. The molecule has 0 saturated carbocycles. The number of hydrogen-bond donors (Lipinski definition) is 0. The van der Waals surface area contributed by atoms with Gasteiger partial charge in [0, 0.05) is 17.3 Å².